The van der Waals surface area contributed by atoms with Crippen molar-refractivity contribution in [2.24, 2.45) is 17.6 Å². The van der Waals surface area contributed by atoms with Crippen molar-refractivity contribution >= 4 is 11.6 Å². The van der Waals surface area contributed by atoms with E-state index in [4.69, 9.17) is 10.5 Å². The number of carbonyl (C=O) groups is 1. The molecule has 3 N–H and O–H groups in total. The smallest absolute Gasteiger partial charge is 0.227 e. The molecule has 0 saturated heterocycles. The molecule has 2 aliphatic carbocycles. The standard InChI is InChI=1S/C20H30N2O2/c21-13-16-7-5-11-19(16)20(23)22-17-8-4-6-15(12-17)14-24-18-9-2-1-3-10-18/h4,6,8,12,16,18-19H,1-3,5,7,9-11,13-14,21H2,(H,22,23)/t16-,19-/m1/s1. The van der Waals surface area contributed by atoms with Crippen LogP contribution in [0, 0.1) is 11.8 Å². The van der Waals surface area contributed by atoms with Gasteiger partial charge in [0.25, 0.3) is 0 Å². The van der Waals surface area contributed by atoms with Gasteiger partial charge in [0.05, 0.1) is 12.7 Å². The van der Waals surface area contributed by atoms with Gasteiger partial charge in [0.2, 0.25) is 5.91 Å². The van der Waals surface area contributed by atoms with E-state index in [1.807, 2.05) is 18.2 Å². The minimum absolute atomic E-state index is 0.0668. The zero-order chi connectivity index (χ0) is 16.8. The third-order valence-corrected chi connectivity index (χ3v) is 5.53. The van der Waals surface area contributed by atoms with Crippen molar-refractivity contribution in [1.82, 2.24) is 0 Å². The Morgan fingerprint density at radius 1 is 1.12 bits per heavy atom. The minimum Gasteiger partial charge on any atom is -0.374 e. The van der Waals surface area contributed by atoms with Crippen LogP contribution in [0.4, 0.5) is 5.69 Å². The molecule has 0 heterocycles. The molecule has 1 aromatic carbocycles. The van der Waals surface area contributed by atoms with Gasteiger partial charge < -0.3 is 15.8 Å². The predicted molar refractivity (Wildman–Crippen MR) is 96.6 cm³/mol. The van der Waals surface area contributed by atoms with Crippen molar-refractivity contribution in [3.05, 3.63) is 29.8 Å². The van der Waals surface area contributed by atoms with Crippen molar-refractivity contribution in [3.8, 4) is 0 Å². The van der Waals surface area contributed by atoms with Crippen LogP contribution in [0.1, 0.15) is 56.9 Å². The van der Waals surface area contributed by atoms with Crippen LogP contribution in [0.3, 0.4) is 0 Å². The van der Waals surface area contributed by atoms with Gasteiger partial charge in [-0.05, 0) is 55.8 Å². The maximum Gasteiger partial charge on any atom is 0.227 e. The highest BCUT2D eigenvalue weighted by molar-refractivity contribution is 5.93. The Labute approximate surface area is 145 Å². The van der Waals surface area contributed by atoms with Crippen molar-refractivity contribution in [3.63, 3.8) is 0 Å². The molecule has 0 radical (unpaired) electrons. The van der Waals surface area contributed by atoms with Crippen molar-refractivity contribution < 1.29 is 9.53 Å². The maximum atomic E-state index is 12.5. The summed E-state index contributed by atoms with van der Waals surface area (Å²) >= 11 is 0. The molecule has 24 heavy (non-hydrogen) atoms. The molecule has 1 aromatic rings. The van der Waals surface area contributed by atoms with Crippen LogP contribution >= 0.6 is 0 Å². The molecule has 0 unspecified atom stereocenters. The molecular weight excluding hydrogens is 300 g/mol. The normalized spacial score (nSPS) is 24.9. The minimum atomic E-state index is 0.0668. The Hall–Kier alpha value is -1.39. The molecule has 0 aromatic heterocycles. The molecular formula is C20H30N2O2. The molecule has 3 rings (SSSR count). The molecule has 2 atom stereocenters. The van der Waals surface area contributed by atoms with E-state index in [0.717, 1.165) is 30.5 Å². The van der Waals surface area contributed by atoms with Crippen LogP contribution in [0.2, 0.25) is 0 Å². The number of nitrogens with one attached hydrogen (secondary N) is 1. The lowest BCUT2D eigenvalue weighted by atomic mass is 9.95. The molecule has 1 amide bonds. The second kappa shape index (κ2) is 8.63. The number of hydrogen-bond donors (Lipinski definition) is 2. The predicted octanol–water partition coefficient (Wildman–Crippen LogP) is 3.85. The SMILES string of the molecule is NC[C@H]1CCC[C@H]1C(=O)Nc1cccc(COC2CCCCC2)c1. The lowest BCUT2D eigenvalue weighted by molar-refractivity contribution is -0.120. The van der Waals surface area contributed by atoms with Gasteiger partial charge in [-0.25, -0.2) is 0 Å². The van der Waals surface area contributed by atoms with Gasteiger partial charge in [0.1, 0.15) is 0 Å². The first kappa shape index (κ1) is 17.4. The van der Waals surface area contributed by atoms with E-state index in [2.05, 4.69) is 11.4 Å². The number of amides is 1. The third-order valence-electron chi connectivity index (χ3n) is 5.53. The number of carbonyl (C=O) groups excluding carboxylic acids is 1. The van der Waals surface area contributed by atoms with E-state index in [0.29, 0.717) is 25.2 Å². The Morgan fingerprint density at radius 3 is 2.75 bits per heavy atom. The fraction of sp³-hybridized carbons (Fsp3) is 0.650. The van der Waals surface area contributed by atoms with Crippen LogP contribution in [0.5, 0.6) is 0 Å². The molecule has 2 fully saturated rings. The molecule has 2 aliphatic rings. The summed E-state index contributed by atoms with van der Waals surface area (Å²) in [5.41, 5.74) is 7.79. The van der Waals surface area contributed by atoms with Crippen LogP contribution in [0.15, 0.2) is 24.3 Å². The molecule has 0 bridgehead atoms. The van der Waals surface area contributed by atoms with Crippen LogP contribution in [0.25, 0.3) is 0 Å². The lowest BCUT2D eigenvalue weighted by Crippen LogP contribution is -2.29. The Kier molecular flexibility index (Phi) is 6.27. The topological polar surface area (TPSA) is 64.4 Å². The summed E-state index contributed by atoms with van der Waals surface area (Å²) in [6, 6.07) is 8.04. The van der Waals surface area contributed by atoms with Crippen LogP contribution in [-0.4, -0.2) is 18.6 Å². The number of nitrogens with two attached hydrogens (primary N) is 1. The third kappa shape index (κ3) is 4.58. The van der Waals surface area contributed by atoms with E-state index < -0.39 is 0 Å². The zero-order valence-corrected chi connectivity index (χ0v) is 14.5. The van der Waals surface area contributed by atoms with E-state index in [1.165, 1.54) is 32.1 Å². The molecule has 4 heteroatoms. The quantitative estimate of drug-likeness (QED) is 0.832. The fourth-order valence-electron chi connectivity index (χ4n) is 4.08. The van der Waals surface area contributed by atoms with E-state index in [-0.39, 0.29) is 11.8 Å². The summed E-state index contributed by atoms with van der Waals surface area (Å²) in [6.07, 6.45) is 9.80. The van der Waals surface area contributed by atoms with Crippen LogP contribution in [-0.2, 0) is 16.1 Å². The Balaban J connectivity index is 1.53. The number of rotatable bonds is 6. The van der Waals surface area contributed by atoms with Gasteiger partial charge in [-0.3, -0.25) is 4.79 Å². The van der Waals surface area contributed by atoms with Gasteiger partial charge in [0.15, 0.2) is 0 Å². The average molecular weight is 330 g/mol. The molecule has 4 nitrogen and oxygen atoms in total. The first-order chi connectivity index (χ1) is 11.8. The monoisotopic (exact) mass is 330 g/mol. The van der Waals surface area contributed by atoms with Gasteiger partial charge >= 0.3 is 0 Å². The second-order valence-corrected chi connectivity index (χ2v) is 7.29. The average Bonchev–Trinajstić information content (AvgIpc) is 3.10. The molecule has 2 saturated carbocycles. The number of hydrogen-bond acceptors (Lipinski definition) is 3. The molecule has 0 spiro atoms. The molecule has 0 aliphatic heterocycles. The highest BCUT2D eigenvalue weighted by atomic mass is 16.5. The van der Waals surface area contributed by atoms with E-state index in [1.54, 1.807) is 0 Å². The zero-order valence-electron chi connectivity index (χ0n) is 14.5. The molecule has 132 valence electrons. The summed E-state index contributed by atoms with van der Waals surface area (Å²) in [7, 11) is 0. The Bertz CT molecular complexity index is 540. The summed E-state index contributed by atoms with van der Waals surface area (Å²) in [6.45, 7) is 1.23. The van der Waals surface area contributed by atoms with Crippen LogP contribution < -0.4 is 11.1 Å². The fourth-order valence-corrected chi connectivity index (χ4v) is 4.08. The summed E-state index contributed by atoms with van der Waals surface area (Å²) in [5, 5.41) is 3.08. The number of anilines is 1. The van der Waals surface area contributed by atoms with E-state index >= 15 is 0 Å². The van der Waals surface area contributed by atoms with Gasteiger partial charge in [0, 0.05) is 11.6 Å². The second-order valence-electron chi connectivity index (χ2n) is 7.29. The largest absolute Gasteiger partial charge is 0.374 e. The van der Waals surface area contributed by atoms with Crippen molar-refractivity contribution in [2.75, 3.05) is 11.9 Å². The van der Waals surface area contributed by atoms with Crippen molar-refractivity contribution in [2.45, 2.75) is 64.1 Å². The number of benzene rings is 1. The summed E-state index contributed by atoms with van der Waals surface area (Å²) in [4.78, 5) is 12.5. The first-order valence-corrected chi connectivity index (χ1v) is 9.47. The van der Waals surface area contributed by atoms with Gasteiger partial charge in [-0.2, -0.15) is 0 Å². The number of ether oxygens (including phenoxy) is 1. The lowest BCUT2D eigenvalue weighted by Gasteiger charge is -2.22. The Morgan fingerprint density at radius 2 is 1.96 bits per heavy atom. The highest BCUT2D eigenvalue weighted by Crippen LogP contribution is 2.32. The van der Waals surface area contributed by atoms with Gasteiger partial charge in [-0.15, -0.1) is 0 Å². The van der Waals surface area contributed by atoms with Gasteiger partial charge in [-0.1, -0.05) is 37.8 Å². The van der Waals surface area contributed by atoms with Crippen molar-refractivity contribution in [1.29, 1.82) is 0 Å². The first-order valence-electron chi connectivity index (χ1n) is 9.47. The van der Waals surface area contributed by atoms with E-state index in [9.17, 15) is 4.79 Å². The summed E-state index contributed by atoms with van der Waals surface area (Å²) in [5.74, 6) is 0.522. The maximum absolute atomic E-state index is 12.5. The highest BCUT2D eigenvalue weighted by Gasteiger charge is 2.31. The summed E-state index contributed by atoms with van der Waals surface area (Å²) < 4.78 is 6.03.